The van der Waals surface area contributed by atoms with Crippen LogP contribution in [0.15, 0.2) is 24.3 Å². The second-order valence-corrected chi connectivity index (χ2v) is 3.82. The van der Waals surface area contributed by atoms with Gasteiger partial charge >= 0.3 is 0 Å². The van der Waals surface area contributed by atoms with E-state index in [-0.39, 0.29) is 0 Å². The van der Waals surface area contributed by atoms with Crippen LogP contribution in [0.5, 0.6) is 0 Å². The van der Waals surface area contributed by atoms with Gasteiger partial charge < -0.3 is 0 Å². The molecule has 0 radical (unpaired) electrons. The smallest absolute Gasteiger partial charge is 0.0128 e. The van der Waals surface area contributed by atoms with Gasteiger partial charge in [-0.05, 0) is 18.8 Å². The highest BCUT2D eigenvalue weighted by molar-refractivity contribution is 9.09. The van der Waals surface area contributed by atoms with Crippen LogP contribution in [0.4, 0.5) is 0 Å². The molecule has 0 nitrogen and oxygen atoms in total. The fourth-order valence-corrected chi connectivity index (χ4v) is 2.72. The van der Waals surface area contributed by atoms with Crippen molar-refractivity contribution in [1.29, 1.82) is 0 Å². The fraction of sp³-hybridized carbons (Fsp3) is 0.556. The molecule has 54 valence electrons. The molecular formula is C9H11Br. The van der Waals surface area contributed by atoms with Gasteiger partial charge in [0, 0.05) is 10.7 Å². The Labute approximate surface area is 70.1 Å². The minimum Gasteiger partial charge on any atom is -0.0918 e. The molecule has 0 saturated heterocycles. The Balaban J connectivity index is 2.23. The zero-order chi connectivity index (χ0) is 7.03. The lowest BCUT2D eigenvalue weighted by Crippen LogP contribution is -2.39. The molecule has 0 aromatic rings. The largest absolute Gasteiger partial charge is 0.0918 e. The zero-order valence-corrected chi connectivity index (χ0v) is 7.47. The lowest BCUT2D eigenvalue weighted by atomic mass is 9.60. The Bertz CT molecular complexity index is 189. The number of hydrogen-bond donors (Lipinski definition) is 0. The van der Waals surface area contributed by atoms with Crippen LogP contribution in [-0.2, 0) is 0 Å². The van der Waals surface area contributed by atoms with Crippen molar-refractivity contribution in [2.24, 2.45) is 11.3 Å². The molecule has 2 atom stereocenters. The molecule has 0 amide bonds. The van der Waals surface area contributed by atoms with E-state index in [9.17, 15) is 0 Å². The first-order valence-corrected chi connectivity index (χ1v) is 4.91. The summed E-state index contributed by atoms with van der Waals surface area (Å²) >= 11 is 3.57. The van der Waals surface area contributed by atoms with Gasteiger partial charge in [0.2, 0.25) is 0 Å². The van der Waals surface area contributed by atoms with Gasteiger partial charge in [-0.25, -0.2) is 0 Å². The molecule has 2 aliphatic rings. The Morgan fingerprint density at radius 3 is 2.80 bits per heavy atom. The van der Waals surface area contributed by atoms with Crippen LogP contribution in [0, 0.1) is 11.3 Å². The second-order valence-electron chi connectivity index (χ2n) is 3.26. The highest BCUT2D eigenvalue weighted by atomic mass is 79.9. The summed E-state index contributed by atoms with van der Waals surface area (Å²) in [5.74, 6) is 0.830. The molecule has 0 aliphatic heterocycles. The van der Waals surface area contributed by atoms with E-state index in [1.807, 2.05) is 0 Å². The van der Waals surface area contributed by atoms with E-state index in [4.69, 9.17) is 0 Å². The molecule has 2 aliphatic carbocycles. The van der Waals surface area contributed by atoms with Crippen molar-refractivity contribution in [3.8, 4) is 0 Å². The number of fused-ring (bicyclic) bond motifs is 1. The standard InChI is InChI=1S/C9H11Br/c10-7-9-5-2-1-3-8(9)4-6-9/h1-3,5,8H,4,6-7H2. The summed E-state index contributed by atoms with van der Waals surface area (Å²) in [6.45, 7) is 0. The Kier molecular flexibility index (Phi) is 1.48. The molecule has 0 N–H and O–H groups in total. The number of hydrogen-bond acceptors (Lipinski definition) is 0. The first-order chi connectivity index (χ1) is 4.87. The fourth-order valence-electron chi connectivity index (χ4n) is 1.83. The highest BCUT2D eigenvalue weighted by Gasteiger charge is 2.42. The maximum atomic E-state index is 3.57. The lowest BCUT2D eigenvalue weighted by Gasteiger charge is -2.46. The van der Waals surface area contributed by atoms with Gasteiger partial charge in [0.05, 0.1) is 0 Å². The lowest BCUT2D eigenvalue weighted by molar-refractivity contribution is 0.157. The van der Waals surface area contributed by atoms with Crippen molar-refractivity contribution in [2.45, 2.75) is 12.8 Å². The summed E-state index contributed by atoms with van der Waals surface area (Å²) in [7, 11) is 0. The van der Waals surface area contributed by atoms with Crippen molar-refractivity contribution in [1.82, 2.24) is 0 Å². The Morgan fingerprint density at radius 2 is 2.40 bits per heavy atom. The Morgan fingerprint density at radius 1 is 1.50 bits per heavy atom. The summed E-state index contributed by atoms with van der Waals surface area (Å²) in [6.07, 6.45) is 11.8. The summed E-state index contributed by atoms with van der Waals surface area (Å²) in [5, 5.41) is 1.13. The summed E-state index contributed by atoms with van der Waals surface area (Å²) in [6, 6.07) is 0. The van der Waals surface area contributed by atoms with Crippen LogP contribution in [-0.4, -0.2) is 5.33 Å². The number of allylic oxidation sites excluding steroid dienone is 4. The molecule has 0 spiro atoms. The molecule has 2 unspecified atom stereocenters. The molecule has 1 saturated carbocycles. The maximum absolute atomic E-state index is 3.57. The van der Waals surface area contributed by atoms with E-state index >= 15 is 0 Å². The van der Waals surface area contributed by atoms with E-state index in [0.717, 1.165) is 11.2 Å². The monoisotopic (exact) mass is 198 g/mol. The van der Waals surface area contributed by atoms with Crippen molar-refractivity contribution in [3.05, 3.63) is 24.3 Å². The molecule has 1 heteroatoms. The van der Waals surface area contributed by atoms with E-state index < -0.39 is 0 Å². The van der Waals surface area contributed by atoms with Crippen LogP contribution >= 0.6 is 15.9 Å². The number of halogens is 1. The van der Waals surface area contributed by atoms with Crippen LogP contribution in [0.2, 0.25) is 0 Å². The van der Waals surface area contributed by atoms with E-state index in [2.05, 4.69) is 40.2 Å². The third-order valence-electron chi connectivity index (χ3n) is 2.79. The predicted octanol–water partition coefficient (Wildman–Crippen LogP) is 2.90. The van der Waals surface area contributed by atoms with E-state index in [1.165, 1.54) is 12.8 Å². The predicted molar refractivity (Wildman–Crippen MR) is 47.2 cm³/mol. The van der Waals surface area contributed by atoms with Gasteiger partial charge in [0.15, 0.2) is 0 Å². The first kappa shape index (κ1) is 6.66. The van der Waals surface area contributed by atoms with Crippen molar-refractivity contribution < 1.29 is 0 Å². The van der Waals surface area contributed by atoms with Crippen LogP contribution in [0.25, 0.3) is 0 Å². The van der Waals surface area contributed by atoms with Gasteiger partial charge in [-0.3, -0.25) is 0 Å². The molecular weight excluding hydrogens is 188 g/mol. The average molecular weight is 199 g/mol. The van der Waals surface area contributed by atoms with E-state index in [1.54, 1.807) is 0 Å². The third kappa shape index (κ3) is 0.731. The summed E-state index contributed by atoms with van der Waals surface area (Å²) in [4.78, 5) is 0. The molecule has 0 bridgehead atoms. The first-order valence-electron chi connectivity index (χ1n) is 3.79. The van der Waals surface area contributed by atoms with Crippen molar-refractivity contribution in [2.75, 3.05) is 5.33 Å². The average Bonchev–Trinajstić information content (AvgIpc) is 1.93. The normalized spacial score (nSPS) is 42.7. The SMILES string of the molecule is BrCC12C=CC=CC1CC2. The maximum Gasteiger partial charge on any atom is 0.0128 e. The second kappa shape index (κ2) is 2.23. The zero-order valence-electron chi connectivity index (χ0n) is 5.89. The highest BCUT2D eigenvalue weighted by Crippen LogP contribution is 2.51. The topological polar surface area (TPSA) is 0 Å². The summed E-state index contributed by atoms with van der Waals surface area (Å²) < 4.78 is 0. The van der Waals surface area contributed by atoms with Gasteiger partial charge in [-0.1, -0.05) is 40.2 Å². The molecule has 10 heavy (non-hydrogen) atoms. The van der Waals surface area contributed by atoms with Gasteiger partial charge in [0.25, 0.3) is 0 Å². The molecule has 0 aromatic heterocycles. The molecule has 0 heterocycles. The minimum absolute atomic E-state index is 0.509. The molecule has 2 rings (SSSR count). The van der Waals surface area contributed by atoms with Crippen LogP contribution in [0.1, 0.15) is 12.8 Å². The van der Waals surface area contributed by atoms with Gasteiger partial charge in [-0.15, -0.1) is 0 Å². The third-order valence-corrected chi connectivity index (χ3v) is 3.83. The van der Waals surface area contributed by atoms with Crippen LogP contribution in [0.3, 0.4) is 0 Å². The van der Waals surface area contributed by atoms with Gasteiger partial charge in [-0.2, -0.15) is 0 Å². The van der Waals surface area contributed by atoms with E-state index in [0.29, 0.717) is 5.41 Å². The quantitative estimate of drug-likeness (QED) is 0.569. The van der Waals surface area contributed by atoms with Crippen molar-refractivity contribution in [3.63, 3.8) is 0 Å². The number of rotatable bonds is 1. The van der Waals surface area contributed by atoms with Gasteiger partial charge in [0.1, 0.15) is 0 Å². The molecule has 0 aromatic carbocycles. The Hall–Kier alpha value is -0.0400. The summed E-state index contributed by atoms with van der Waals surface area (Å²) in [5.41, 5.74) is 0.509. The number of alkyl halides is 1. The van der Waals surface area contributed by atoms with Crippen LogP contribution < -0.4 is 0 Å². The minimum atomic E-state index is 0.509. The van der Waals surface area contributed by atoms with Crippen molar-refractivity contribution >= 4 is 15.9 Å². The molecule has 1 fully saturated rings.